The second kappa shape index (κ2) is 8.40. The first kappa shape index (κ1) is 18.5. The molecule has 0 aliphatic heterocycles. The van der Waals surface area contributed by atoms with Crippen LogP contribution >= 0.6 is 15.9 Å². The van der Waals surface area contributed by atoms with E-state index in [4.69, 9.17) is 13.1 Å². The van der Waals surface area contributed by atoms with E-state index in [1.165, 1.54) is 11.1 Å². The highest BCUT2D eigenvalue weighted by atomic mass is 79.9. The third kappa shape index (κ3) is 4.47. The number of nitrogens with zero attached hydrogens (tertiary/aromatic N) is 4. The van der Waals surface area contributed by atoms with Gasteiger partial charge in [-0.1, -0.05) is 40.2 Å². The van der Waals surface area contributed by atoms with Crippen LogP contribution in [-0.4, -0.2) is 9.97 Å². The number of fused-ring (bicyclic) bond motifs is 2. The maximum Gasteiger partial charge on any atom is 0.205 e. The Balaban J connectivity index is 0.000000156. The highest BCUT2D eigenvalue weighted by molar-refractivity contribution is 9.08. The topological polar surface area (TPSA) is 34.5 Å². The minimum absolute atomic E-state index is 0.587. The van der Waals surface area contributed by atoms with Gasteiger partial charge in [-0.05, 0) is 53.1 Å². The molecule has 4 rings (SSSR count). The summed E-state index contributed by atoms with van der Waals surface area (Å²) >= 11 is 3.40. The van der Waals surface area contributed by atoms with Gasteiger partial charge in [0.2, 0.25) is 11.4 Å². The van der Waals surface area contributed by atoms with Crippen molar-refractivity contribution in [3.63, 3.8) is 0 Å². The van der Waals surface area contributed by atoms with Crippen LogP contribution in [0.4, 0.5) is 11.4 Å². The van der Waals surface area contributed by atoms with Gasteiger partial charge in [0.1, 0.15) is 0 Å². The van der Waals surface area contributed by atoms with Gasteiger partial charge in [0.25, 0.3) is 0 Å². The minimum Gasteiger partial charge on any atom is -0.268 e. The van der Waals surface area contributed by atoms with E-state index >= 15 is 0 Å². The molecule has 0 spiro atoms. The van der Waals surface area contributed by atoms with Crippen LogP contribution in [0.1, 0.15) is 11.1 Å². The van der Waals surface area contributed by atoms with Gasteiger partial charge in [-0.2, -0.15) is 0 Å². The fourth-order valence-electron chi connectivity index (χ4n) is 2.58. The second-order valence-corrected chi connectivity index (χ2v) is 6.53. The van der Waals surface area contributed by atoms with Crippen molar-refractivity contribution in [2.24, 2.45) is 0 Å². The van der Waals surface area contributed by atoms with Crippen LogP contribution in [-0.2, 0) is 5.33 Å². The largest absolute Gasteiger partial charge is 0.268 e. The number of pyridine rings is 2. The van der Waals surface area contributed by atoms with Crippen molar-refractivity contribution in [2.75, 3.05) is 0 Å². The molecule has 130 valence electrons. The Labute approximate surface area is 166 Å². The third-order valence-corrected chi connectivity index (χ3v) is 4.62. The van der Waals surface area contributed by atoms with Gasteiger partial charge < -0.3 is 0 Å². The molecule has 0 unspecified atom stereocenters. The predicted octanol–water partition coefficient (Wildman–Crippen LogP) is 6.77. The van der Waals surface area contributed by atoms with Crippen LogP contribution in [0.15, 0.2) is 60.9 Å². The molecule has 0 amide bonds. The molecule has 0 aliphatic rings. The average Bonchev–Trinajstić information content (AvgIpc) is 2.73. The first-order valence-corrected chi connectivity index (χ1v) is 9.31. The zero-order valence-electron chi connectivity index (χ0n) is 14.6. The Morgan fingerprint density at radius 1 is 0.815 bits per heavy atom. The first-order chi connectivity index (χ1) is 13.1. The summed E-state index contributed by atoms with van der Waals surface area (Å²) in [6, 6.07) is 15.8. The van der Waals surface area contributed by atoms with E-state index in [-0.39, 0.29) is 0 Å². The molecule has 0 saturated carbocycles. The summed E-state index contributed by atoms with van der Waals surface area (Å²) in [5, 5.41) is 2.87. The lowest BCUT2D eigenvalue weighted by molar-refractivity contribution is 1.38. The lowest BCUT2D eigenvalue weighted by Gasteiger charge is -1.99. The zero-order chi connectivity index (χ0) is 19.2. The molecule has 4 aromatic rings. The van der Waals surface area contributed by atoms with E-state index in [0.717, 1.165) is 27.1 Å². The second-order valence-electron chi connectivity index (χ2n) is 5.97. The molecular formula is C22H15BrN4. The molecule has 0 fully saturated rings. The quantitative estimate of drug-likeness (QED) is 0.254. The van der Waals surface area contributed by atoms with Crippen molar-refractivity contribution >= 4 is 49.1 Å². The normalized spacial score (nSPS) is 9.93. The van der Waals surface area contributed by atoms with Crippen molar-refractivity contribution < 1.29 is 0 Å². The summed E-state index contributed by atoms with van der Waals surface area (Å²) in [5.74, 6) is 0. The number of hydrogen-bond donors (Lipinski definition) is 0. The summed E-state index contributed by atoms with van der Waals surface area (Å²) < 4.78 is 0. The van der Waals surface area contributed by atoms with Gasteiger partial charge in [0.05, 0.1) is 24.2 Å². The van der Waals surface area contributed by atoms with E-state index in [1.807, 2.05) is 55.5 Å². The molecule has 0 bridgehead atoms. The van der Waals surface area contributed by atoms with Crippen molar-refractivity contribution in [2.45, 2.75) is 12.3 Å². The number of hydrogen-bond acceptors (Lipinski definition) is 2. The Hall–Kier alpha value is -3.28. The Kier molecular flexibility index (Phi) is 5.76. The molecule has 27 heavy (non-hydrogen) atoms. The monoisotopic (exact) mass is 414 g/mol. The molecule has 4 nitrogen and oxygen atoms in total. The lowest BCUT2D eigenvalue weighted by atomic mass is 10.1. The zero-order valence-corrected chi connectivity index (χ0v) is 16.2. The third-order valence-electron chi connectivity index (χ3n) is 3.97. The van der Waals surface area contributed by atoms with Crippen molar-refractivity contribution in [1.82, 2.24) is 9.97 Å². The van der Waals surface area contributed by atoms with Crippen LogP contribution in [0.5, 0.6) is 0 Å². The Bertz CT molecular complexity index is 1200. The molecule has 2 aromatic heterocycles. The van der Waals surface area contributed by atoms with E-state index in [0.29, 0.717) is 11.4 Å². The Morgan fingerprint density at radius 2 is 1.37 bits per heavy atom. The molecule has 2 heterocycles. The number of aromatic nitrogens is 2. The van der Waals surface area contributed by atoms with Crippen LogP contribution in [0.3, 0.4) is 0 Å². The smallest absolute Gasteiger partial charge is 0.205 e. The van der Waals surface area contributed by atoms with Crippen molar-refractivity contribution in [1.29, 1.82) is 0 Å². The van der Waals surface area contributed by atoms with Gasteiger partial charge in [0, 0.05) is 17.7 Å². The fourth-order valence-corrected chi connectivity index (χ4v) is 2.93. The molecular weight excluding hydrogens is 400 g/mol. The van der Waals surface area contributed by atoms with Crippen LogP contribution in [0, 0.1) is 20.1 Å². The summed E-state index contributed by atoms with van der Waals surface area (Å²) in [4.78, 5) is 15.1. The molecule has 5 heteroatoms. The van der Waals surface area contributed by atoms with Crippen LogP contribution in [0.2, 0.25) is 0 Å². The summed E-state index contributed by atoms with van der Waals surface area (Å²) in [5.41, 5.74) is 5.46. The van der Waals surface area contributed by atoms with Gasteiger partial charge in [-0.25, -0.2) is 9.69 Å². The fraction of sp³-hybridized carbons (Fsp3) is 0.0909. The average molecular weight is 415 g/mol. The number of rotatable bonds is 1. The number of halogens is 1. The number of aryl methyl sites for hydroxylation is 1. The minimum atomic E-state index is 0.587. The Morgan fingerprint density at radius 3 is 1.93 bits per heavy atom. The van der Waals surface area contributed by atoms with E-state index in [9.17, 15) is 0 Å². The van der Waals surface area contributed by atoms with E-state index in [1.54, 1.807) is 12.4 Å². The molecule has 2 aromatic carbocycles. The predicted molar refractivity (Wildman–Crippen MR) is 113 cm³/mol. The highest BCUT2D eigenvalue weighted by Gasteiger charge is 1.98. The maximum absolute atomic E-state index is 6.87. The molecule has 0 saturated heterocycles. The summed E-state index contributed by atoms with van der Waals surface area (Å²) in [6.07, 6.45) is 3.21. The van der Waals surface area contributed by atoms with Crippen LogP contribution < -0.4 is 0 Å². The standard InChI is InChI=1S/C11H7BrN2.C11H8N2/c1-13-10-5-9-3-2-8(6-12)4-11(9)14-7-10;1-8-3-4-9-6-10(12-2)7-13-11(9)5-8/h2-5,7H,6H2;3-7H,1H3. The molecule has 0 N–H and O–H groups in total. The van der Waals surface area contributed by atoms with E-state index < -0.39 is 0 Å². The van der Waals surface area contributed by atoms with Gasteiger partial charge in [-0.15, -0.1) is 0 Å². The lowest BCUT2D eigenvalue weighted by Crippen LogP contribution is -1.81. The summed E-state index contributed by atoms with van der Waals surface area (Å²) in [7, 11) is 0. The molecule has 0 aliphatic carbocycles. The van der Waals surface area contributed by atoms with Gasteiger partial charge in [-0.3, -0.25) is 9.97 Å². The number of alkyl halides is 1. The van der Waals surface area contributed by atoms with Crippen LogP contribution in [0.25, 0.3) is 31.5 Å². The first-order valence-electron chi connectivity index (χ1n) is 8.19. The maximum atomic E-state index is 6.87. The number of benzene rings is 2. The van der Waals surface area contributed by atoms with E-state index in [2.05, 4.69) is 35.6 Å². The van der Waals surface area contributed by atoms with Gasteiger partial charge >= 0.3 is 0 Å². The highest BCUT2D eigenvalue weighted by Crippen LogP contribution is 2.21. The summed E-state index contributed by atoms with van der Waals surface area (Å²) in [6.45, 7) is 15.8. The van der Waals surface area contributed by atoms with Crippen molar-refractivity contribution in [3.05, 3.63) is 94.9 Å². The SMILES string of the molecule is [C-]#[N+]c1cnc2cc(C)ccc2c1.[C-]#[N+]c1cnc2cc(CBr)ccc2c1. The van der Waals surface area contributed by atoms with Gasteiger partial charge in [0.15, 0.2) is 0 Å². The molecule has 0 radical (unpaired) electrons. The molecule has 0 atom stereocenters. The van der Waals surface area contributed by atoms with Crippen molar-refractivity contribution in [3.8, 4) is 0 Å².